The van der Waals surface area contributed by atoms with Crippen molar-refractivity contribution in [3.8, 4) is 0 Å². The molecule has 0 atom stereocenters. The summed E-state index contributed by atoms with van der Waals surface area (Å²) in [6, 6.07) is 0. The van der Waals surface area contributed by atoms with Gasteiger partial charge in [0.1, 0.15) is 0 Å². The van der Waals surface area contributed by atoms with E-state index in [0.29, 0.717) is 0 Å². The maximum absolute atomic E-state index is 2.99. The summed E-state index contributed by atoms with van der Waals surface area (Å²) in [6.45, 7) is 0. The first-order valence-electron chi connectivity index (χ1n) is 2.77. The number of hydrogen-bond acceptors (Lipinski definition) is 0. The molecule has 0 spiro atoms. The minimum Gasteiger partial charge on any atom is -1.00 e. The number of hydrogen-bond donors (Lipinski definition) is 0. The van der Waals surface area contributed by atoms with Crippen LogP contribution >= 0.6 is 0 Å². The molecule has 0 aromatic carbocycles. The Bertz CT molecular complexity index is 125. The maximum atomic E-state index is 2.99. The van der Waals surface area contributed by atoms with E-state index < -0.39 is 0 Å². The van der Waals surface area contributed by atoms with Crippen LogP contribution in [0.15, 0.2) is 24.3 Å². The summed E-state index contributed by atoms with van der Waals surface area (Å²) in [5, 5.41) is 0. The van der Waals surface area contributed by atoms with E-state index in [-0.39, 0.29) is 51.0 Å². The smallest absolute Gasteiger partial charge is 1.00 e. The average Bonchev–Trinajstić information content (AvgIpc) is 2.55. The fourth-order valence-corrected chi connectivity index (χ4v) is 0.340. The van der Waals surface area contributed by atoms with Crippen molar-refractivity contribution in [2.45, 2.75) is 12.8 Å². The van der Waals surface area contributed by atoms with Crippen LogP contribution in [0.3, 0.4) is 0 Å². The van der Waals surface area contributed by atoms with E-state index in [2.05, 4.69) is 18.2 Å². The first kappa shape index (κ1) is 17.7. The second-order valence-electron chi connectivity index (χ2n) is 1.62. The van der Waals surface area contributed by atoms with Gasteiger partial charge in [0.05, 0.1) is 0 Å². The van der Waals surface area contributed by atoms with Gasteiger partial charge in [-0.25, -0.2) is 18.6 Å². The van der Waals surface area contributed by atoms with E-state index in [1.54, 1.807) is 0 Å². The van der Waals surface area contributed by atoms with Gasteiger partial charge in [-0.3, -0.25) is 12.2 Å². The van der Waals surface area contributed by atoms with E-state index in [9.17, 15) is 0 Å². The molecule has 11 heavy (non-hydrogen) atoms. The minimum absolute atomic E-state index is 0. The fraction of sp³-hybridized carbons (Fsp3) is 0.250. The molecule has 2 aliphatic carbocycles. The van der Waals surface area contributed by atoms with Gasteiger partial charge in [-0.2, -0.15) is 6.08 Å². The Kier molecular flexibility index (Phi) is 21.4. The Balaban J connectivity index is -0.0000000967. The predicted molar refractivity (Wildman–Crippen MR) is 34.0 cm³/mol. The molecule has 0 saturated heterocycles. The molecule has 0 nitrogen and oxygen atoms in total. The molecule has 0 heterocycles. The Hall–Kier alpha value is 0.683. The second-order valence-corrected chi connectivity index (χ2v) is 1.62. The first-order chi connectivity index (χ1) is 4.00. The average molecular weight is 266 g/mol. The van der Waals surface area contributed by atoms with Crippen LogP contribution in [-0.4, -0.2) is 0 Å². The van der Waals surface area contributed by atoms with Crippen LogP contribution < -0.4 is 24.8 Å². The third-order valence-electron chi connectivity index (χ3n) is 0.790. The quantitative estimate of drug-likeness (QED) is 0.393. The zero-order valence-corrected chi connectivity index (χ0v) is 9.95. The van der Waals surface area contributed by atoms with E-state index in [0.717, 1.165) is 12.8 Å². The van der Waals surface area contributed by atoms with Gasteiger partial charge in [0.25, 0.3) is 0 Å². The van der Waals surface area contributed by atoms with E-state index >= 15 is 0 Å². The predicted octanol–water partition coefficient (Wildman–Crippen LogP) is -3.94. The van der Waals surface area contributed by atoms with Crippen LogP contribution in [0.5, 0.6) is 0 Å². The van der Waals surface area contributed by atoms with Gasteiger partial charge in [0.2, 0.25) is 0 Å². The largest absolute Gasteiger partial charge is 2.00 e. The van der Waals surface area contributed by atoms with Crippen molar-refractivity contribution in [1.82, 2.24) is 0 Å². The molecule has 0 aliphatic heterocycles. The molecule has 0 bridgehead atoms. The molecule has 0 N–H and O–H groups in total. The molecule has 0 radical (unpaired) electrons. The summed E-state index contributed by atoms with van der Waals surface area (Å²) in [4.78, 5) is 0. The van der Waals surface area contributed by atoms with Gasteiger partial charge >= 0.3 is 26.2 Å². The van der Waals surface area contributed by atoms with Crippen molar-refractivity contribution in [2.75, 3.05) is 0 Å². The molecular formula is C8H8Cl2Zr-2. The molecule has 0 aromatic rings. The molecule has 60 valence electrons. The van der Waals surface area contributed by atoms with Gasteiger partial charge in [0, 0.05) is 0 Å². The Labute approximate surface area is 99.8 Å². The molecule has 2 aliphatic rings. The van der Waals surface area contributed by atoms with Crippen molar-refractivity contribution in [1.29, 1.82) is 0 Å². The summed E-state index contributed by atoms with van der Waals surface area (Å²) in [6.07, 6.45) is 16.0. The maximum Gasteiger partial charge on any atom is 2.00 e. The third-order valence-corrected chi connectivity index (χ3v) is 0.790. The van der Waals surface area contributed by atoms with Crippen LogP contribution in [0.1, 0.15) is 12.8 Å². The number of allylic oxidation sites excluding steroid dienone is 6. The molecule has 0 amide bonds. The number of rotatable bonds is 0. The zero-order chi connectivity index (χ0) is 5.66. The molecule has 0 saturated carbocycles. The van der Waals surface area contributed by atoms with Gasteiger partial charge in [-0.05, 0) is 0 Å². The third kappa shape index (κ3) is 18.0. The SMILES string of the molecule is [C-]1=CC1.[C-]1=CC=CC1.[Cl-].[Cl-].[Zr+2]. The van der Waals surface area contributed by atoms with E-state index in [1.165, 1.54) is 0 Å². The summed E-state index contributed by atoms with van der Waals surface area (Å²) >= 11 is 0. The molecule has 0 aromatic heterocycles. The van der Waals surface area contributed by atoms with Crippen LogP contribution in [-0.2, 0) is 26.2 Å². The fourth-order valence-electron chi connectivity index (χ4n) is 0.340. The van der Waals surface area contributed by atoms with Crippen LogP contribution in [0.4, 0.5) is 0 Å². The molecular weight excluding hydrogens is 258 g/mol. The molecule has 2 rings (SSSR count). The van der Waals surface area contributed by atoms with Crippen molar-refractivity contribution in [3.63, 3.8) is 0 Å². The monoisotopic (exact) mass is 264 g/mol. The standard InChI is InChI=1S/C5H5.C3H3.2ClH.Zr/c1-2-4-5-3-1;1-2-3-1;;;/h1-3H,4H2;1H,2H2;2*1H;/q2*-1;;;+2/p-2. The van der Waals surface area contributed by atoms with Crippen LogP contribution in [0.25, 0.3) is 0 Å². The Morgan fingerprint density at radius 2 is 1.55 bits per heavy atom. The summed E-state index contributed by atoms with van der Waals surface area (Å²) in [5.74, 6) is 0. The normalized spacial score (nSPS) is 13.1. The molecule has 0 fully saturated rings. The van der Waals surface area contributed by atoms with Crippen LogP contribution in [0.2, 0.25) is 0 Å². The van der Waals surface area contributed by atoms with Crippen molar-refractivity contribution in [3.05, 3.63) is 36.5 Å². The zero-order valence-electron chi connectivity index (χ0n) is 5.98. The van der Waals surface area contributed by atoms with Gasteiger partial charge in [-0.15, -0.1) is 6.42 Å². The van der Waals surface area contributed by atoms with Crippen LogP contribution in [0, 0.1) is 12.2 Å². The summed E-state index contributed by atoms with van der Waals surface area (Å²) < 4.78 is 0. The Morgan fingerprint density at radius 3 is 1.64 bits per heavy atom. The first-order valence-corrected chi connectivity index (χ1v) is 2.77. The number of halogens is 2. The summed E-state index contributed by atoms with van der Waals surface area (Å²) in [5.41, 5.74) is 0. The van der Waals surface area contributed by atoms with Gasteiger partial charge in [-0.1, -0.05) is 0 Å². The van der Waals surface area contributed by atoms with Crippen molar-refractivity contribution in [2.24, 2.45) is 0 Å². The van der Waals surface area contributed by atoms with Gasteiger partial charge in [0.15, 0.2) is 0 Å². The van der Waals surface area contributed by atoms with Crippen molar-refractivity contribution >= 4 is 0 Å². The minimum atomic E-state index is 0. The van der Waals surface area contributed by atoms with E-state index in [4.69, 9.17) is 0 Å². The summed E-state index contributed by atoms with van der Waals surface area (Å²) in [7, 11) is 0. The van der Waals surface area contributed by atoms with Gasteiger partial charge < -0.3 is 30.9 Å². The Morgan fingerprint density at radius 1 is 1.00 bits per heavy atom. The van der Waals surface area contributed by atoms with E-state index in [1.807, 2.05) is 18.2 Å². The molecule has 3 heteroatoms. The molecule has 0 unspecified atom stereocenters. The second kappa shape index (κ2) is 13.3. The van der Waals surface area contributed by atoms with Crippen molar-refractivity contribution < 1.29 is 51.0 Å². The topological polar surface area (TPSA) is 0 Å².